The molecule has 126 valence electrons. The predicted octanol–water partition coefficient (Wildman–Crippen LogP) is 5.21. The summed E-state index contributed by atoms with van der Waals surface area (Å²) in [5.41, 5.74) is 0. The fourth-order valence-electron chi connectivity index (χ4n) is 1.66. The van der Waals surface area contributed by atoms with Gasteiger partial charge in [0.2, 0.25) is 0 Å². The van der Waals surface area contributed by atoms with Crippen molar-refractivity contribution in [1.82, 2.24) is 0 Å². The molecule has 0 aliphatic heterocycles. The summed E-state index contributed by atoms with van der Waals surface area (Å²) in [4.78, 5) is 11.3. The summed E-state index contributed by atoms with van der Waals surface area (Å²) in [5, 5.41) is 0. The highest BCUT2D eigenvalue weighted by Crippen LogP contribution is 2.29. The van der Waals surface area contributed by atoms with Crippen LogP contribution in [-0.2, 0) is 9.53 Å². The van der Waals surface area contributed by atoms with Crippen LogP contribution in [-0.4, -0.2) is 29.3 Å². The number of ether oxygens (including phenoxy) is 1. The van der Waals surface area contributed by atoms with Gasteiger partial charge in [-0.25, -0.2) is 0 Å². The van der Waals surface area contributed by atoms with Crippen LogP contribution in [0.3, 0.4) is 0 Å². The monoisotopic (exact) mass is 328 g/mol. The van der Waals surface area contributed by atoms with Gasteiger partial charge in [-0.3, -0.25) is 4.79 Å². The quantitative estimate of drug-likeness (QED) is 0.515. The van der Waals surface area contributed by atoms with E-state index in [4.69, 9.17) is 4.74 Å². The molecule has 0 spiro atoms. The third kappa shape index (κ3) is 13.0. The van der Waals surface area contributed by atoms with E-state index in [2.05, 4.69) is 0 Å². The van der Waals surface area contributed by atoms with Crippen LogP contribution in [0.5, 0.6) is 0 Å². The molecule has 0 N–H and O–H groups in total. The lowest BCUT2D eigenvalue weighted by atomic mass is 10.0. The van der Waals surface area contributed by atoms with E-state index in [9.17, 15) is 18.0 Å². The summed E-state index contributed by atoms with van der Waals surface area (Å²) in [7, 11) is 0. The lowest BCUT2D eigenvalue weighted by Crippen LogP contribution is -2.25. The molecule has 0 heterocycles. The molecule has 0 aromatic heterocycles. The molecule has 0 rings (SSSR count). The summed E-state index contributed by atoms with van der Waals surface area (Å²) in [6.45, 7) is 8.08. The Bertz CT molecular complexity index is 304. The molecule has 0 saturated heterocycles. The van der Waals surface area contributed by atoms with E-state index in [1.54, 1.807) is 11.8 Å². The van der Waals surface area contributed by atoms with Crippen LogP contribution >= 0.6 is 11.8 Å². The highest BCUT2D eigenvalue weighted by atomic mass is 32.2. The largest absolute Gasteiger partial charge is 0.464 e. The van der Waals surface area contributed by atoms with Crippen molar-refractivity contribution in [2.24, 2.45) is 5.92 Å². The van der Waals surface area contributed by atoms with Crippen molar-refractivity contribution < 1.29 is 22.7 Å². The van der Waals surface area contributed by atoms with E-state index >= 15 is 0 Å². The maximum atomic E-state index is 12.1. The maximum absolute atomic E-state index is 12.1. The van der Waals surface area contributed by atoms with Gasteiger partial charge in [0.05, 0.1) is 0 Å². The number of hydrogen-bond acceptors (Lipinski definition) is 3. The highest BCUT2D eigenvalue weighted by Gasteiger charge is 2.27. The average Bonchev–Trinajstić information content (AvgIpc) is 2.33. The Morgan fingerprint density at radius 2 is 1.86 bits per heavy atom. The first-order valence-corrected chi connectivity index (χ1v) is 8.40. The van der Waals surface area contributed by atoms with E-state index in [-0.39, 0.29) is 23.1 Å². The van der Waals surface area contributed by atoms with Crippen LogP contribution in [0.1, 0.15) is 59.8 Å². The molecule has 0 aliphatic rings. The predicted molar refractivity (Wildman–Crippen MR) is 81.5 cm³/mol. The Labute approximate surface area is 130 Å². The molecule has 0 bridgehead atoms. The first kappa shape index (κ1) is 20.6. The second-order valence-electron chi connectivity index (χ2n) is 6.07. The molecule has 1 unspecified atom stereocenters. The highest BCUT2D eigenvalue weighted by molar-refractivity contribution is 8.00. The number of thioether (sulfide) groups is 1. The Morgan fingerprint density at radius 3 is 2.38 bits per heavy atom. The summed E-state index contributed by atoms with van der Waals surface area (Å²) in [6, 6.07) is 0. The fraction of sp³-hybridized carbons (Fsp3) is 0.933. The minimum Gasteiger partial charge on any atom is -0.464 e. The number of hydrogen-bond donors (Lipinski definition) is 0. The van der Waals surface area contributed by atoms with E-state index in [1.807, 2.05) is 27.7 Å². The molecule has 21 heavy (non-hydrogen) atoms. The maximum Gasteiger partial charge on any atom is 0.389 e. The summed E-state index contributed by atoms with van der Waals surface area (Å²) in [5.74, 6) is 0.638. The molecule has 0 fully saturated rings. The van der Waals surface area contributed by atoms with Gasteiger partial charge in [-0.1, -0.05) is 13.8 Å². The minimum atomic E-state index is -4.06. The van der Waals surface area contributed by atoms with E-state index in [0.717, 1.165) is 18.6 Å². The van der Waals surface area contributed by atoms with E-state index in [1.165, 1.54) is 0 Å². The van der Waals surface area contributed by atoms with E-state index < -0.39 is 12.6 Å². The van der Waals surface area contributed by atoms with Crippen molar-refractivity contribution in [3.8, 4) is 0 Å². The topological polar surface area (TPSA) is 26.3 Å². The summed E-state index contributed by atoms with van der Waals surface area (Å²) in [6.07, 6.45) is -2.66. The SMILES string of the molecule is CCCC(=O)OCC(C)(C)SCCC(C)CCC(F)(F)F. The Hall–Kier alpha value is -0.390. The van der Waals surface area contributed by atoms with Crippen LogP contribution in [0.4, 0.5) is 13.2 Å². The van der Waals surface area contributed by atoms with Gasteiger partial charge >= 0.3 is 12.1 Å². The smallest absolute Gasteiger partial charge is 0.389 e. The lowest BCUT2D eigenvalue weighted by Gasteiger charge is -2.24. The number of rotatable bonds is 10. The van der Waals surface area contributed by atoms with Gasteiger partial charge in [-0.05, 0) is 44.8 Å². The van der Waals surface area contributed by atoms with Crippen LogP contribution in [0.2, 0.25) is 0 Å². The molecule has 1 atom stereocenters. The van der Waals surface area contributed by atoms with Gasteiger partial charge in [0.15, 0.2) is 0 Å². The zero-order valence-corrected chi connectivity index (χ0v) is 14.2. The standard InChI is InChI=1S/C15H27F3O2S/c1-5-6-13(19)20-11-14(3,4)21-10-8-12(2)7-9-15(16,17)18/h12H,5-11H2,1-4H3. The second kappa shape index (κ2) is 9.59. The molecule has 0 radical (unpaired) electrons. The van der Waals surface area contributed by atoms with E-state index in [0.29, 0.717) is 13.0 Å². The Morgan fingerprint density at radius 1 is 1.24 bits per heavy atom. The van der Waals surface area contributed by atoms with Crippen LogP contribution in [0.15, 0.2) is 0 Å². The van der Waals surface area contributed by atoms with Crippen molar-refractivity contribution in [1.29, 1.82) is 0 Å². The molecular formula is C15H27F3O2S. The van der Waals surface area contributed by atoms with Crippen molar-refractivity contribution in [2.75, 3.05) is 12.4 Å². The normalized spacial score (nSPS) is 14.0. The lowest BCUT2D eigenvalue weighted by molar-refractivity contribution is -0.144. The van der Waals surface area contributed by atoms with Crippen LogP contribution < -0.4 is 0 Å². The number of carbonyl (C=O) groups excluding carboxylic acids is 1. The van der Waals surface area contributed by atoms with Gasteiger partial charge in [0.25, 0.3) is 0 Å². The van der Waals surface area contributed by atoms with Crippen LogP contribution in [0.25, 0.3) is 0 Å². The van der Waals surface area contributed by atoms with Gasteiger partial charge in [-0.15, -0.1) is 0 Å². The average molecular weight is 328 g/mol. The molecule has 0 aromatic rings. The second-order valence-corrected chi connectivity index (χ2v) is 7.87. The third-order valence-electron chi connectivity index (χ3n) is 3.06. The summed E-state index contributed by atoms with van der Waals surface area (Å²) >= 11 is 1.64. The molecule has 0 aliphatic carbocycles. The zero-order valence-electron chi connectivity index (χ0n) is 13.4. The molecule has 6 heteroatoms. The number of esters is 1. The zero-order chi connectivity index (χ0) is 16.5. The van der Waals surface area contributed by atoms with Gasteiger partial charge in [0, 0.05) is 17.6 Å². The van der Waals surface area contributed by atoms with Gasteiger partial charge < -0.3 is 4.74 Å². The number of halogens is 3. The minimum absolute atomic E-state index is 0.0533. The van der Waals surface area contributed by atoms with Crippen molar-refractivity contribution >= 4 is 17.7 Å². The van der Waals surface area contributed by atoms with Crippen molar-refractivity contribution in [3.05, 3.63) is 0 Å². The Kier molecular flexibility index (Phi) is 9.41. The fourth-order valence-corrected chi connectivity index (χ4v) is 2.88. The molecule has 0 saturated carbocycles. The van der Waals surface area contributed by atoms with Crippen molar-refractivity contribution in [3.63, 3.8) is 0 Å². The third-order valence-corrected chi connectivity index (χ3v) is 4.40. The number of carbonyl (C=O) groups is 1. The van der Waals surface area contributed by atoms with Gasteiger partial charge in [-0.2, -0.15) is 24.9 Å². The molecule has 0 amide bonds. The van der Waals surface area contributed by atoms with Crippen LogP contribution in [0, 0.1) is 5.92 Å². The molecule has 0 aromatic carbocycles. The Balaban J connectivity index is 3.85. The van der Waals surface area contributed by atoms with Crippen molar-refractivity contribution in [2.45, 2.75) is 70.7 Å². The van der Waals surface area contributed by atoms with Gasteiger partial charge in [0.1, 0.15) is 6.61 Å². The molecular weight excluding hydrogens is 301 g/mol. The first-order valence-electron chi connectivity index (χ1n) is 7.42. The first-order chi connectivity index (χ1) is 9.56. The summed E-state index contributed by atoms with van der Waals surface area (Å²) < 4.78 is 41.3. The molecule has 2 nitrogen and oxygen atoms in total. The number of alkyl halides is 3.